The molecule has 0 fully saturated rings. The lowest BCUT2D eigenvalue weighted by Crippen LogP contribution is -2.11. The van der Waals surface area contributed by atoms with Gasteiger partial charge in [0.15, 0.2) is 5.82 Å². The highest BCUT2D eigenvalue weighted by atomic mass is 35.5. The molecule has 1 aliphatic rings. The first kappa shape index (κ1) is 10.3. The van der Waals surface area contributed by atoms with Gasteiger partial charge in [0.25, 0.3) is 0 Å². The van der Waals surface area contributed by atoms with Crippen molar-refractivity contribution in [3.8, 4) is 0 Å². The Balaban J connectivity index is 2.28. The maximum Gasteiger partial charge on any atom is 0.160 e. The molecule has 2 aromatic rings. The summed E-state index contributed by atoms with van der Waals surface area (Å²) in [6, 6.07) is 9.80. The third-order valence-electron chi connectivity index (χ3n) is 2.80. The molecule has 0 spiro atoms. The maximum atomic E-state index is 6.14. The molecule has 0 atom stereocenters. The molecule has 0 unspecified atom stereocenters. The Bertz CT molecular complexity index is 607. The molecule has 0 saturated heterocycles. The third kappa shape index (κ3) is 1.59. The van der Waals surface area contributed by atoms with Crippen molar-refractivity contribution < 1.29 is 0 Å². The molecular formula is C13H10ClN3. The number of nitrogens with zero attached hydrogens (tertiary/aromatic N) is 3. The molecule has 1 aromatic heterocycles. The molecule has 0 aliphatic carbocycles. The van der Waals surface area contributed by atoms with Crippen molar-refractivity contribution in [3.05, 3.63) is 47.1 Å². The maximum absolute atomic E-state index is 6.14. The van der Waals surface area contributed by atoms with E-state index < -0.39 is 0 Å². The van der Waals surface area contributed by atoms with Crippen LogP contribution in [0.25, 0.3) is 0 Å². The van der Waals surface area contributed by atoms with E-state index in [0.29, 0.717) is 10.7 Å². The second-order valence-electron chi connectivity index (χ2n) is 3.84. The Kier molecular flexibility index (Phi) is 2.34. The smallest absolute Gasteiger partial charge is 0.160 e. The van der Waals surface area contributed by atoms with Crippen molar-refractivity contribution in [2.45, 2.75) is 0 Å². The summed E-state index contributed by atoms with van der Waals surface area (Å²) in [6.45, 7) is 0. The zero-order valence-electron chi connectivity index (χ0n) is 9.26. The molecule has 0 amide bonds. The average Bonchev–Trinajstić information content (AvgIpc) is 2.50. The van der Waals surface area contributed by atoms with E-state index in [1.807, 2.05) is 42.4 Å². The number of para-hydroxylation sites is 1. The fraction of sp³-hybridized carbons (Fsp3) is 0.0769. The van der Waals surface area contributed by atoms with Gasteiger partial charge in [-0.1, -0.05) is 29.8 Å². The first-order chi connectivity index (χ1) is 8.27. The van der Waals surface area contributed by atoms with E-state index in [1.54, 1.807) is 12.3 Å². The molecule has 3 nitrogen and oxygen atoms in total. The van der Waals surface area contributed by atoms with Gasteiger partial charge in [0.2, 0.25) is 0 Å². The van der Waals surface area contributed by atoms with Gasteiger partial charge in [-0.3, -0.25) is 4.99 Å². The number of pyridine rings is 1. The zero-order valence-corrected chi connectivity index (χ0v) is 10.0. The molecular weight excluding hydrogens is 234 g/mol. The van der Waals surface area contributed by atoms with Crippen LogP contribution in [0.15, 0.2) is 41.5 Å². The number of aliphatic imine (C=N–C) groups is 1. The van der Waals surface area contributed by atoms with Gasteiger partial charge in [0.05, 0.1) is 10.7 Å². The van der Waals surface area contributed by atoms with Crippen molar-refractivity contribution in [2.75, 3.05) is 11.9 Å². The third-order valence-corrected chi connectivity index (χ3v) is 3.11. The standard InChI is InChI=1S/C13H10ClN3/c1-17-11-5-3-2-4-9(11)8-16-12-10(14)6-7-15-13(12)17/h2-8H,1H3. The summed E-state index contributed by atoms with van der Waals surface area (Å²) in [5.74, 6) is 0.777. The van der Waals surface area contributed by atoms with E-state index in [9.17, 15) is 0 Å². The molecule has 1 aliphatic heterocycles. The normalized spacial score (nSPS) is 12.9. The molecule has 0 saturated carbocycles. The van der Waals surface area contributed by atoms with Crippen molar-refractivity contribution in [1.29, 1.82) is 0 Å². The van der Waals surface area contributed by atoms with E-state index in [4.69, 9.17) is 11.6 Å². The predicted molar refractivity (Wildman–Crippen MR) is 71.0 cm³/mol. The summed E-state index contributed by atoms with van der Waals surface area (Å²) in [5.41, 5.74) is 2.85. The van der Waals surface area contributed by atoms with Crippen LogP contribution in [0.4, 0.5) is 17.2 Å². The largest absolute Gasteiger partial charge is 0.327 e. The number of benzene rings is 1. The Morgan fingerprint density at radius 3 is 2.88 bits per heavy atom. The second kappa shape index (κ2) is 3.86. The van der Waals surface area contributed by atoms with E-state index in [-0.39, 0.29) is 0 Å². The lowest BCUT2D eigenvalue weighted by molar-refractivity contribution is 1.13. The summed E-state index contributed by atoms with van der Waals surface area (Å²) in [4.78, 5) is 10.8. The van der Waals surface area contributed by atoms with E-state index in [1.165, 1.54) is 0 Å². The number of aromatic nitrogens is 1. The Morgan fingerprint density at radius 2 is 2.00 bits per heavy atom. The molecule has 3 rings (SSSR count). The minimum Gasteiger partial charge on any atom is -0.327 e. The van der Waals surface area contributed by atoms with Gasteiger partial charge < -0.3 is 4.90 Å². The topological polar surface area (TPSA) is 28.5 Å². The van der Waals surface area contributed by atoms with Crippen LogP contribution >= 0.6 is 11.6 Å². The zero-order chi connectivity index (χ0) is 11.8. The van der Waals surface area contributed by atoms with Gasteiger partial charge in [0.1, 0.15) is 5.69 Å². The number of hydrogen-bond acceptors (Lipinski definition) is 3. The lowest BCUT2D eigenvalue weighted by Gasteiger charge is -2.19. The number of halogens is 1. The molecule has 0 N–H and O–H groups in total. The van der Waals surface area contributed by atoms with Crippen LogP contribution in [0.3, 0.4) is 0 Å². The first-order valence-corrected chi connectivity index (χ1v) is 5.66. The quantitative estimate of drug-likeness (QED) is 0.708. The highest BCUT2D eigenvalue weighted by Gasteiger charge is 2.17. The van der Waals surface area contributed by atoms with E-state index >= 15 is 0 Å². The second-order valence-corrected chi connectivity index (χ2v) is 4.25. The summed E-state index contributed by atoms with van der Waals surface area (Å²) in [6.07, 6.45) is 3.52. The van der Waals surface area contributed by atoms with Crippen LogP contribution in [0.1, 0.15) is 5.56 Å². The van der Waals surface area contributed by atoms with Gasteiger partial charge in [-0.2, -0.15) is 0 Å². The number of rotatable bonds is 0. The highest BCUT2D eigenvalue weighted by Crippen LogP contribution is 2.39. The van der Waals surface area contributed by atoms with Crippen molar-refractivity contribution in [2.24, 2.45) is 4.99 Å². The summed E-state index contributed by atoms with van der Waals surface area (Å²) >= 11 is 6.14. The van der Waals surface area contributed by atoms with Crippen LogP contribution in [0.5, 0.6) is 0 Å². The van der Waals surface area contributed by atoms with Crippen molar-refractivity contribution >= 4 is 35.0 Å². The number of fused-ring (bicyclic) bond motifs is 2. The average molecular weight is 244 g/mol. The van der Waals surface area contributed by atoms with Crippen LogP contribution < -0.4 is 4.90 Å². The van der Waals surface area contributed by atoms with Crippen LogP contribution in [-0.2, 0) is 0 Å². The minimum absolute atomic E-state index is 0.617. The lowest BCUT2D eigenvalue weighted by atomic mass is 10.2. The van der Waals surface area contributed by atoms with Crippen molar-refractivity contribution in [1.82, 2.24) is 4.98 Å². The summed E-state index contributed by atoms with van der Waals surface area (Å²) in [7, 11) is 1.97. The SMILES string of the molecule is CN1c2ccccc2C=Nc2c(Cl)ccnc21. The van der Waals surface area contributed by atoms with Crippen LogP contribution in [-0.4, -0.2) is 18.2 Å². The van der Waals surface area contributed by atoms with Gasteiger partial charge in [-0.25, -0.2) is 4.98 Å². The molecule has 2 heterocycles. The predicted octanol–water partition coefficient (Wildman–Crippen LogP) is 3.57. The fourth-order valence-electron chi connectivity index (χ4n) is 1.94. The molecule has 1 aromatic carbocycles. The van der Waals surface area contributed by atoms with Crippen LogP contribution in [0.2, 0.25) is 5.02 Å². The Morgan fingerprint density at radius 1 is 1.18 bits per heavy atom. The number of anilines is 2. The van der Waals surface area contributed by atoms with E-state index in [2.05, 4.69) is 9.98 Å². The highest BCUT2D eigenvalue weighted by molar-refractivity contribution is 6.33. The van der Waals surface area contributed by atoms with Crippen LogP contribution in [0, 0.1) is 0 Å². The van der Waals surface area contributed by atoms with Gasteiger partial charge in [0, 0.05) is 25.0 Å². The summed E-state index contributed by atoms with van der Waals surface area (Å²) < 4.78 is 0. The molecule has 84 valence electrons. The van der Waals surface area contributed by atoms with Crippen molar-refractivity contribution in [3.63, 3.8) is 0 Å². The molecule has 4 heteroatoms. The molecule has 0 radical (unpaired) electrons. The Labute approximate surface area is 104 Å². The fourth-order valence-corrected chi connectivity index (χ4v) is 2.13. The van der Waals surface area contributed by atoms with Gasteiger partial charge >= 0.3 is 0 Å². The monoisotopic (exact) mass is 243 g/mol. The number of hydrogen-bond donors (Lipinski definition) is 0. The van der Waals surface area contributed by atoms with Gasteiger partial charge in [-0.15, -0.1) is 0 Å². The summed E-state index contributed by atoms with van der Waals surface area (Å²) in [5, 5.41) is 0.617. The van der Waals surface area contributed by atoms with E-state index in [0.717, 1.165) is 17.1 Å². The minimum atomic E-state index is 0.617. The molecule has 17 heavy (non-hydrogen) atoms. The van der Waals surface area contributed by atoms with Gasteiger partial charge in [-0.05, 0) is 12.1 Å². The first-order valence-electron chi connectivity index (χ1n) is 5.29. The Hall–Kier alpha value is -1.87. The molecule has 0 bridgehead atoms.